The van der Waals surface area contributed by atoms with Crippen molar-refractivity contribution in [2.24, 2.45) is 5.92 Å². The van der Waals surface area contributed by atoms with Gasteiger partial charge < -0.3 is 10.6 Å². The van der Waals surface area contributed by atoms with E-state index in [0.717, 1.165) is 31.6 Å². The van der Waals surface area contributed by atoms with E-state index in [1.54, 1.807) is 0 Å². The fourth-order valence-corrected chi connectivity index (χ4v) is 5.48. The molecule has 1 aromatic carbocycles. The van der Waals surface area contributed by atoms with E-state index in [-0.39, 0.29) is 24.2 Å². The fourth-order valence-electron chi connectivity index (χ4n) is 2.64. The molecule has 2 aliphatic rings. The number of carbonyl (C=O) groups excluding carboxylic acids is 1. The third kappa shape index (κ3) is 4.55. The van der Waals surface area contributed by atoms with Gasteiger partial charge in [0.2, 0.25) is 5.91 Å². The predicted molar refractivity (Wildman–Crippen MR) is 95.6 cm³/mol. The minimum absolute atomic E-state index is 0. The maximum atomic E-state index is 12.3. The van der Waals surface area contributed by atoms with Gasteiger partial charge in [-0.15, -0.1) is 35.9 Å². The van der Waals surface area contributed by atoms with Gasteiger partial charge in [-0.05, 0) is 43.6 Å². The number of benzene rings is 1. The van der Waals surface area contributed by atoms with Crippen LogP contribution < -0.4 is 10.6 Å². The van der Waals surface area contributed by atoms with Crippen LogP contribution in [0, 0.1) is 5.92 Å². The highest BCUT2D eigenvalue weighted by Crippen LogP contribution is 2.45. The number of nitrogens with one attached hydrogen (secondary N) is 2. The van der Waals surface area contributed by atoms with E-state index in [1.165, 1.54) is 17.1 Å². The Balaban J connectivity index is 0.00000161. The first-order valence-corrected chi connectivity index (χ1v) is 9.27. The molecule has 21 heavy (non-hydrogen) atoms. The summed E-state index contributed by atoms with van der Waals surface area (Å²) < 4.78 is 0.533. The molecule has 1 amide bonds. The van der Waals surface area contributed by atoms with E-state index in [0.29, 0.717) is 4.58 Å². The second-order valence-electron chi connectivity index (χ2n) is 5.21. The molecule has 0 bridgehead atoms. The Morgan fingerprint density at radius 2 is 1.90 bits per heavy atom. The minimum atomic E-state index is 0. The van der Waals surface area contributed by atoms with Crippen molar-refractivity contribution in [1.82, 2.24) is 5.32 Å². The van der Waals surface area contributed by atoms with Gasteiger partial charge in [0.25, 0.3) is 0 Å². The number of carbonyl (C=O) groups is 1. The molecule has 0 radical (unpaired) electrons. The van der Waals surface area contributed by atoms with Crippen LogP contribution in [-0.2, 0) is 4.79 Å². The summed E-state index contributed by atoms with van der Waals surface area (Å²) in [6.07, 6.45) is 1.89. The molecular weight excluding hydrogens is 324 g/mol. The van der Waals surface area contributed by atoms with E-state index in [2.05, 4.69) is 22.8 Å². The van der Waals surface area contributed by atoms with Crippen LogP contribution in [0.2, 0.25) is 0 Å². The van der Waals surface area contributed by atoms with Crippen LogP contribution in [0.5, 0.6) is 0 Å². The molecule has 116 valence electrons. The average molecular weight is 345 g/mol. The Morgan fingerprint density at radius 1 is 1.19 bits per heavy atom. The van der Waals surface area contributed by atoms with Crippen LogP contribution in [0.15, 0.2) is 24.3 Å². The van der Waals surface area contributed by atoms with Gasteiger partial charge in [0, 0.05) is 23.1 Å². The Hall–Kier alpha value is -0.360. The van der Waals surface area contributed by atoms with Crippen LogP contribution in [0.1, 0.15) is 23.0 Å². The lowest BCUT2D eigenvalue weighted by Gasteiger charge is -2.22. The van der Waals surface area contributed by atoms with Gasteiger partial charge in [0.05, 0.1) is 4.58 Å². The maximum absolute atomic E-state index is 12.3. The average Bonchev–Trinajstić information content (AvgIpc) is 3.03. The normalized spacial score (nSPS) is 20.0. The van der Waals surface area contributed by atoms with Crippen LogP contribution in [0.4, 0.5) is 5.69 Å². The first-order valence-electron chi connectivity index (χ1n) is 7.18. The minimum Gasteiger partial charge on any atom is -0.326 e. The summed E-state index contributed by atoms with van der Waals surface area (Å²) in [6.45, 7) is 1.90. The summed E-state index contributed by atoms with van der Waals surface area (Å²) in [7, 11) is 0. The summed E-state index contributed by atoms with van der Waals surface area (Å²) in [5, 5.41) is 6.38. The Morgan fingerprint density at radius 3 is 2.62 bits per heavy atom. The Kier molecular flexibility index (Phi) is 6.74. The van der Waals surface area contributed by atoms with Crippen LogP contribution >= 0.6 is 35.9 Å². The molecule has 0 atom stereocenters. The number of anilines is 1. The highest BCUT2D eigenvalue weighted by Gasteiger charge is 2.22. The molecule has 0 aromatic heterocycles. The number of hydrogen-bond acceptors (Lipinski definition) is 4. The molecular formula is C15H21ClN2OS2. The number of hydrogen-bond donors (Lipinski definition) is 2. The largest absolute Gasteiger partial charge is 0.326 e. The molecule has 2 saturated heterocycles. The first kappa shape index (κ1) is 17.0. The van der Waals surface area contributed by atoms with Gasteiger partial charge in [-0.2, -0.15) is 0 Å². The molecule has 0 saturated carbocycles. The Labute approximate surface area is 140 Å². The van der Waals surface area contributed by atoms with Crippen molar-refractivity contribution in [3.63, 3.8) is 0 Å². The topological polar surface area (TPSA) is 41.1 Å². The number of amides is 1. The van der Waals surface area contributed by atoms with Crippen LogP contribution in [0.3, 0.4) is 0 Å². The molecule has 6 heteroatoms. The zero-order chi connectivity index (χ0) is 13.8. The number of rotatable bonds is 3. The van der Waals surface area contributed by atoms with E-state index in [4.69, 9.17) is 0 Å². The molecule has 2 N–H and O–H groups in total. The third-order valence-electron chi connectivity index (χ3n) is 3.76. The predicted octanol–water partition coefficient (Wildman–Crippen LogP) is 3.53. The van der Waals surface area contributed by atoms with Crippen molar-refractivity contribution in [2.45, 2.75) is 17.4 Å². The maximum Gasteiger partial charge on any atom is 0.227 e. The van der Waals surface area contributed by atoms with Crippen LogP contribution in [0.25, 0.3) is 0 Å². The third-order valence-corrected chi connectivity index (χ3v) is 6.86. The number of halogens is 1. The van der Waals surface area contributed by atoms with E-state index in [1.807, 2.05) is 35.7 Å². The van der Waals surface area contributed by atoms with Crippen molar-refractivity contribution >= 4 is 47.5 Å². The summed E-state index contributed by atoms with van der Waals surface area (Å²) in [6, 6.07) is 8.34. The monoisotopic (exact) mass is 344 g/mol. The van der Waals surface area contributed by atoms with Gasteiger partial charge in [0.1, 0.15) is 0 Å². The van der Waals surface area contributed by atoms with Gasteiger partial charge in [0.15, 0.2) is 0 Å². The van der Waals surface area contributed by atoms with Crippen molar-refractivity contribution in [1.29, 1.82) is 0 Å². The highest BCUT2D eigenvalue weighted by molar-refractivity contribution is 8.19. The van der Waals surface area contributed by atoms with Gasteiger partial charge >= 0.3 is 0 Å². The van der Waals surface area contributed by atoms with E-state index in [9.17, 15) is 4.79 Å². The van der Waals surface area contributed by atoms with Gasteiger partial charge in [-0.1, -0.05) is 12.1 Å². The molecule has 0 aliphatic carbocycles. The van der Waals surface area contributed by atoms with Crippen molar-refractivity contribution in [3.8, 4) is 0 Å². The van der Waals surface area contributed by atoms with Crippen molar-refractivity contribution < 1.29 is 4.79 Å². The zero-order valence-corrected chi connectivity index (χ0v) is 14.3. The van der Waals surface area contributed by atoms with Gasteiger partial charge in [-0.3, -0.25) is 4.79 Å². The second kappa shape index (κ2) is 8.32. The molecule has 3 nitrogen and oxygen atoms in total. The first-order chi connectivity index (χ1) is 9.83. The summed E-state index contributed by atoms with van der Waals surface area (Å²) in [4.78, 5) is 12.3. The standard InChI is InChI=1S/C15H20N2OS2.ClH/c18-14(11-4-6-16-7-5-11)17-13-3-1-2-12(10-13)15-19-8-9-20-15;/h1-3,10-11,15-16H,4-9H2,(H,17,18);1H. The number of thioether (sulfide) groups is 2. The quantitative estimate of drug-likeness (QED) is 0.880. The Bertz CT molecular complexity index is 474. The molecule has 0 unspecified atom stereocenters. The lowest BCUT2D eigenvalue weighted by atomic mass is 9.97. The van der Waals surface area contributed by atoms with E-state index >= 15 is 0 Å². The SMILES string of the molecule is Cl.O=C(Nc1cccc(C2SCCS2)c1)C1CCNCC1. The lowest BCUT2D eigenvalue weighted by Crippen LogP contribution is -2.34. The summed E-state index contributed by atoms with van der Waals surface area (Å²) in [5.41, 5.74) is 2.26. The van der Waals surface area contributed by atoms with Crippen molar-refractivity contribution in [2.75, 3.05) is 29.9 Å². The summed E-state index contributed by atoms with van der Waals surface area (Å²) in [5.74, 6) is 2.78. The van der Waals surface area contributed by atoms with Crippen LogP contribution in [-0.4, -0.2) is 30.5 Å². The highest BCUT2D eigenvalue weighted by atomic mass is 35.5. The zero-order valence-electron chi connectivity index (χ0n) is 11.8. The molecule has 3 rings (SSSR count). The molecule has 1 aromatic rings. The molecule has 2 heterocycles. The second-order valence-corrected chi connectivity index (χ2v) is 7.94. The van der Waals surface area contributed by atoms with E-state index < -0.39 is 0 Å². The molecule has 0 spiro atoms. The number of piperidine rings is 1. The fraction of sp³-hybridized carbons (Fsp3) is 0.533. The molecule has 2 aliphatic heterocycles. The summed E-state index contributed by atoms with van der Waals surface area (Å²) >= 11 is 3.99. The lowest BCUT2D eigenvalue weighted by molar-refractivity contribution is -0.120. The van der Waals surface area contributed by atoms with Gasteiger partial charge in [-0.25, -0.2) is 0 Å². The van der Waals surface area contributed by atoms with Crippen molar-refractivity contribution in [3.05, 3.63) is 29.8 Å². The smallest absolute Gasteiger partial charge is 0.227 e. The molecule has 2 fully saturated rings.